The van der Waals surface area contributed by atoms with Crippen LogP contribution in [0.1, 0.15) is 18.4 Å². The topological polar surface area (TPSA) is 99.3 Å². The molecule has 0 saturated heterocycles. The zero-order valence-corrected chi connectivity index (χ0v) is 15.0. The number of carbonyl (C=O) groups is 3. The van der Waals surface area contributed by atoms with Gasteiger partial charge in [0.25, 0.3) is 0 Å². The van der Waals surface area contributed by atoms with Crippen LogP contribution in [0.25, 0.3) is 0 Å². The first-order valence-corrected chi connectivity index (χ1v) is 8.82. The summed E-state index contributed by atoms with van der Waals surface area (Å²) in [5, 5.41) is 10.8. The van der Waals surface area contributed by atoms with Crippen molar-refractivity contribution >= 4 is 34.9 Å². The lowest BCUT2D eigenvalue weighted by molar-refractivity contribution is -0.121. The van der Waals surface area contributed by atoms with Crippen LogP contribution in [0.2, 0.25) is 0 Å². The molecule has 0 radical (unpaired) electrons. The van der Waals surface area contributed by atoms with Crippen molar-refractivity contribution in [2.24, 2.45) is 5.92 Å². The highest BCUT2D eigenvalue weighted by atomic mass is 16.2. The van der Waals surface area contributed by atoms with Crippen molar-refractivity contribution < 1.29 is 14.4 Å². The molecule has 1 heterocycles. The molecule has 0 fully saturated rings. The standard InChI is InChI=1S/C20H22N4O3/c1-21-20(27)23-16-9-7-15(8-10-16)22-18(25)11-6-14-12-13-4-2-3-5-17(13)24-19(14)26/h2-5,7-10,14H,6,11-12H2,1H3,(H,22,25)(H,24,26)(H2,21,23,27). The zero-order chi connectivity index (χ0) is 19.2. The van der Waals surface area contributed by atoms with E-state index in [1.54, 1.807) is 24.3 Å². The Morgan fingerprint density at radius 2 is 1.70 bits per heavy atom. The van der Waals surface area contributed by atoms with Gasteiger partial charge in [0, 0.05) is 36.4 Å². The van der Waals surface area contributed by atoms with Crippen LogP contribution in [0, 0.1) is 5.92 Å². The molecule has 1 atom stereocenters. The summed E-state index contributed by atoms with van der Waals surface area (Å²) in [5.74, 6) is -0.385. The second-order valence-electron chi connectivity index (χ2n) is 6.42. The number of urea groups is 1. The van der Waals surface area contributed by atoms with Gasteiger partial charge < -0.3 is 21.3 Å². The Balaban J connectivity index is 1.50. The summed E-state index contributed by atoms with van der Waals surface area (Å²) in [6, 6.07) is 14.3. The summed E-state index contributed by atoms with van der Waals surface area (Å²) >= 11 is 0. The Hall–Kier alpha value is -3.35. The van der Waals surface area contributed by atoms with Crippen molar-refractivity contribution in [2.45, 2.75) is 19.3 Å². The summed E-state index contributed by atoms with van der Waals surface area (Å²) in [7, 11) is 1.54. The molecule has 0 aromatic heterocycles. The number of nitrogens with one attached hydrogen (secondary N) is 4. The van der Waals surface area contributed by atoms with Crippen molar-refractivity contribution in [1.29, 1.82) is 0 Å². The molecule has 0 saturated carbocycles. The van der Waals surface area contributed by atoms with Crippen LogP contribution < -0.4 is 21.3 Å². The molecule has 7 nitrogen and oxygen atoms in total. The molecule has 2 aromatic carbocycles. The maximum absolute atomic E-state index is 12.2. The lowest BCUT2D eigenvalue weighted by atomic mass is 9.89. The molecule has 1 unspecified atom stereocenters. The summed E-state index contributed by atoms with van der Waals surface area (Å²) in [5.41, 5.74) is 3.22. The number of amides is 4. The minimum Gasteiger partial charge on any atom is -0.341 e. The Morgan fingerprint density at radius 3 is 2.41 bits per heavy atom. The van der Waals surface area contributed by atoms with Gasteiger partial charge in [-0.25, -0.2) is 4.79 Å². The number of benzene rings is 2. The van der Waals surface area contributed by atoms with Gasteiger partial charge in [0.05, 0.1) is 0 Å². The largest absolute Gasteiger partial charge is 0.341 e. The van der Waals surface area contributed by atoms with Gasteiger partial charge in [0.2, 0.25) is 11.8 Å². The fraction of sp³-hybridized carbons (Fsp3) is 0.250. The third-order valence-corrected chi connectivity index (χ3v) is 4.49. The van der Waals surface area contributed by atoms with Crippen molar-refractivity contribution in [3.63, 3.8) is 0 Å². The van der Waals surface area contributed by atoms with Crippen molar-refractivity contribution in [1.82, 2.24) is 5.32 Å². The van der Waals surface area contributed by atoms with Crippen LogP contribution in [0.5, 0.6) is 0 Å². The van der Waals surface area contributed by atoms with Crippen molar-refractivity contribution in [3.8, 4) is 0 Å². The highest BCUT2D eigenvalue weighted by molar-refractivity contribution is 5.96. The summed E-state index contributed by atoms with van der Waals surface area (Å²) in [6.45, 7) is 0. The fourth-order valence-electron chi connectivity index (χ4n) is 3.01. The van der Waals surface area contributed by atoms with Gasteiger partial charge in [0.1, 0.15) is 0 Å². The van der Waals surface area contributed by atoms with E-state index in [0.717, 1.165) is 11.3 Å². The number of hydrogen-bond donors (Lipinski definition) is 4. The summed E-state index contributed by atoms with van der Waals surface area (Å²) in [6.07, 6.45) is 1.40. The lowest BCUT2D eigenvalue weighted by Crippen LogP contribution is -2.30. The normalized spacial score (nSPS) is 15.3. The average molecular weight is 366 g/mol. The molecule has 2 aromatic rings. The molecule has 0 bridgehead atoms. The lowest BCUT2D eigenvalue weighted by Gasteiger charge is -2.24. The molecule has 4 amide bonds. The molecule has 0 aliphatic carbocycles. The Morgan fingerprint density at radius 1 is 1.04 bits per heavy atom. The first kappa shape index (κ1) is 18.4. The van der Waals surface area contributed by atoms with E-state index in [9.17, 15) is 14.4 Å². The average Bonchev–Trinajstić information content (AvgIpc) is 2.67. The van der Waals surface area contributed by atoms with E-state index in [0.29, 0.717) is 24.2 Å². The number of rotatable bonds is 5. The van der Waals surface area contributed by atoms with Crippen molar-refractivity contribution in [3.05, 3.63) is 54.1 Å². The Bertz CT molecular complexity index is 849. The third kappa shape index (κ3) is 4.84. The number of hydrogen-bond acceptors (Lipinski definition) is 3. The van der Waals surface area contributed by atoms with E-state index in [4.69, 9.17) is 0 Å². The number of carbonyl (C=O) groups excluding carboxylic acids is 3. The molecule has 140 valence electrons. The quantitative estimate of drug-likeness (QED) is 0.655. The Labute approximate surface area is 157 Å². The van der Waals surface area contributed by atoms with Crippen LogP contribution in [0.15, 0.2) is 48.5 Å². The predicted octanol–water partition coefficient (Wildman–Crippen LogP) is 2.97. The minimum atomic E-state index is -0.306. The second-order valence-corrected chi connectivity index (χ2v) is 6.42. The SMILES string of the molecule is CNC(=O)Nc1ccc(NC(=O)CCC2Cc3ccccc3NC2=O)cc1. The fourth-order valence-corrected chi connectivity index (χ4v) is 3.01. The van der Waals surface area contributed by atoms with Gasteiger partial charge >= 0.3 is 6.03 Å². The van der Waals surface area contributed by atoms with E-state index in [1.807, 2.05) is 24.3 Å². The van der Waals surface area contributed by atoms with Crippen LogP contribution in [-0.4, -0.2) is 24.9 Å². The number of anilines is 3. The van der Waals surface area contributed by atoms with Crippen LogP contribution in [0.3, 0.4) is 0 Å². The van der Waals surface area contributed by atoms with E-state index >= 15 is 0 Å². The molecule has 7 heteroatoms. The van der Waals surface area contributed by atoms with Crippen LogP contribution >= 0.6 is 0 Å². The first-order valence-electron chi connectivity index (χ1n) is 8.82. The van der Waals surface area contributed by atoms with Gasteiger partial charge in [-0.2, -0.15) is 0 Å². The van der Waals surface area contributed by atoms with Gasteiger partial charge in [-0.3, -0.25) is 9.59 Å². The second kappa shape index (κ2) is 8.35. The number of fused-ring (bicyclic) bond motifs is 1. The molecule has 1 aliphatic rings. The van der Waals surface area contributed by atoms with Gasteiger partial charge in [-0.05, 0) is 48.7 Å². The first-order chi connectivity index (χ1) is 13.0. The summed E-state index contributed by atoms with van der Waals surface area (Å²) in [4.78, 5) is 35.6. The molecule has 4 N–H and O–H groups in total. The van der Waals surface area contributed by atoms with E-state index in [1.165, 1.54) is 7.05 Å². The van der Waals surface area contributed by atoms with Gasteiger partial charge in [0.15, 0.2) is 0 Å². The molecular weight excluding hydrogens is 344 g/mol. The molecule has 27 heavy (non-hydrogen) atoms. The number of para-hydroxylation sites is 1. The van der Waals surface area contributed by atoms with Gasteiger partial charge in [-0.15, -0.1) is 0 Å². The minimum absolute atomic E-state index is 0.0360. The van der Waals surface area contributed by atoms with Crippen LogP contribution in [0.4, 0.5) is 21.9 Å². The molecule has 3 rings (SSSR count). The molecule has 0 spiro atoms. The van der Waals surface area contributed by atoms with E-state index in [-0.39, 0.29) is 30.2 Å². The highest BCUT2D eigenvalue weighted by Crippen LogP contribution is 2.27. The highest BCUT2D eigenvalue weighted by Gasteiger charge is 2.26. The van der Waals surface area contributed by atoms with Crippen molar-refractivity contribution in [2.75, 3.05) is 23.0 Å². The molecular formula is C20H22N4O3. The Kier molecular flexibility index (Phi) is 5.71. The monoisotopic (exact) mass is 366 g/mol. The van der Waals surface area contributed by atoms with Gasteiger partial charge in [-0.1, -0.05) is 18.2 Å². The zero-order valence-electron chi connectivity index (χ0n) is 15.0. The smallest absolute Gasteiger partial charge is 0.318 e. The van der Waals surface area contributed by atoms with Crippen LogP contribution in [-0.2, 0) is 16.0 Å². The maximum atomic E-state index is 12.2. The third-order valence-electron chi connectivity index (χ3n) is 4.49. The van der Waals surface area contributed by atoms with E-state index < -0.39 is 0 Å². The van der Waals surface area contributed by atoms with E-state index in [2.05, 4.69) is 21.3 Å². The summed E-state index contributed by atoms with van der Waals surface area (Å²) < 4.78 is 0. The maximum Gasteiger partial charge on any atom is 0.318 e. The predicted molar refractivity (Wildman–Crippen MR) is 105 cm³/mol. The molecule has 1 aliphatic heterocycles.